The molecular weight excluding hydrogens is 483 g/mol. The van der Waals surface area contributed by atoms with Crippen LogP contribution in [0.1, 0.15) is 21.8 Å². The third kappa shape index (κ3) is 8.45. The lowest BCUT2D eigenvalue weighted by Gasteiger charge is -2.11. The number of nitrogens with one attached hydrogen (secondary N) is 2. The van der Waals surface area contributed by atoms with Crippen molar-refractivity contribution in [1.82, 2.24) is 15.6 Å². The van der Waals surface area contributed by atoms with E-state index in [4.69, 9.17) is 0 Å². The van der Waals surface area contributed by atoms with E-state index in [9.17, 15) is 8.42 Å². The van der Waals surface area contributed by atoms with E-state index in [-0.39, 0.29) is 29.7 Å². The number of sulfone groups is 1. The van der Waals surface area contributed by atoms with Gasteiger partial charge in [-0.3, -0.25) is 4.99 Å². The Balaban J connectivity index is 0.00000338. The maximum atomic E-state index is 11.3. The monoisotopic (exact) mass is 508 g/mol. The third-order valence-corrected chi connectivity index (χ3v) is 5.16. The Morgan fingerprint density at radius 2 is 1.85 bits per heavy atom. The van der Waals surface area contributed by atoms with Gasteiger partial charge in [0, 0.05) is 38.2 Å². The lowest BCUT2D eigenvalue weighted by Crippen LogP contribution is -2.37. The molecule has 26 heavy (non-hydrogen) atoms. The Kier molecular flexibility index (Phi) is 9.51. The van der Waals surface area contributed by atoms with Crippen LogP contribution in [0.15, 0.2) is 34.6 Å². The van der Waals surface area contributed by atoms with Gasteiger partial charge in [0.25, 0.3) is 0 Å². The zero-order valence-electron chi connectivity index (χ0n) is 15.2. The van der Waals surface area contributed by atoms with Gasteiger partial charge in [-0.15, -0.1) is 35.3 Å². The molecule has 0 radical (unpaired) electrons. The van der Waals surface area contributed by atoms with E-state index in [2.05, 4.69) is 26.0 Å². The number of halogens is 1. The summed E-state index contributed by atoms with van der Waals surface area (Å²) in [6, 6.07) is 7.55. The van der Waals surface area contributed by atoms with E-state index >= 15 is 0 Å². The van der Waals surface area contributed by atoms with Crippen LogP contribution in [0.3, 0.4) is 0 Å². The quantitative estimate of drug-likeness (QED) is 0.341. The van der Waals surface area contributed by atoms with Crippen molar-refractivity contribution >= 4 is 51.1 Å². The number of thiazole rings is 1. The maximum absolute atomic E-state index is 11.3. The summed E-state index contributed by atoms with van der Waals surface area (Å²) in [7, 11) is -1.27. The van der Waals surface area contributed by atoms with Crippen molar-refractivity contribution in [1.29, 1.82) is 0 Å². The van der Waals surface area contributed by atoms with Crippen molar-refractivity contribution < 1.29 is 8.42 Å². The van der Waals surface area contributed by atoms with Gasteiger partial charge in [0.05, 0.1) is 16.5 Å². The molecule has 2 rings (SSSR count). The van der Waals surface area contributed by atoms with Crippen molar-refractivity contribution in [3.05, 3.63) is 51.5 Å². The van der Waals surface area contributed by atoms with Crippen LogP contribution >= 0.6 is 35.3 Å². The highest BCUT2D eigenvalue weighted by Gasteiger charge is 2.05. The van der Waals surface area contributed by atoms with Crippen molar-refractivity contribution in [3.63, 3.8) is 0 Å². The average Bonchev–Trinajstić information content (AvgIpc) is 2.96. The van der Waals surface area contributed by atoms with Crippen LogP contribution in [0, 0.1) is 6.92 Å². The zero-order chi connectivity index (χ0) is 18.3. The van der Waals surface area contributed by atoms with E-state index in [1.165, 1.54) is 6.26 Å². The van der Waals surface area contributed by atoms with Crippen LogP contribution in [0.2, 0.25) is 0 Å². The van der Waals surface area contributed by atoms with Crippen LogP contribution in [0.5, 0.6) is 0 Å². The molecule has 1 aromatic carbocycles. The minimum absolute atomic E-state index is 0. The highest BCUT2D eigenvalue weighted by Crippen LogP contribution is 2.08. The Labute approximate surface area is 176 Å². The summed E-state index contributed by atoms with van der Waals surface area (Å²) in [5.41, 5.74) is 2.95. The summed E-state index contributed by atoms with van der Waals surface area (Å²) in [4.78, 5) is 8.64. The normalized spacial score (nSPS) is 11.7. The molecule has 0 saturated heterocycles. The number of rotatable bonds is 7. The first-order valence-electron chi connectivity index (χ1n) is 7.97. The second-order valence-electron chi connectivity index (χ2n) is 5.85. The van der Waals surface area contributed by atoms with Gasteiger partial charge in [-0.1, -0.05) is 24.3 Å². The fourth-order valence-corrected chi connectivity index (χ4v) is 3.74. The number of aliphatic imine (C=N–C) groups is 1. The lowest BCUT2D eigenvalue weighted by atomic mass is 10.1. The predicted molar refractivity (Wildman–Crippen MR) is 119 cm³/mol. The van der Waals surface area contributed by atoms with Crippen LogP contribution < -0.4 is 10.6 Å². The zero-order valence-corrected chi connectivity index (χ0v) is 19.1. The highest BCUT2D eigenvalue weighted by atomic mass is 127. The van der Waals surface area contributed by atoms with Gasteiger partial charge in [0.15, 0.2) is 15.8 Å². The standard InChI is InChI=1S/C17H24N4O2S2.HI/c1-13-21-16(11-24-13)8-9-19-17(18-2)20-10-14-4-6-15(7-5-14)12-25(3,22)23;/h4-7,11H,8-10,12H2,1-3H3,(H2,18,19,20);1H. The minimum Gasteiger partial charge on any atom is -0.356 e. The maximum Gasteiger partial charge on any atom is 0.191 e. The van der Waals surface area contributed by atoms with Gasteiger partial charge in [-0.25, -0.2) is 13.4 Å². The molecule has 6 nitrogen and oxygen atoms in total. The van der Waals surface area contributed by atoms with E-state index in [0.717, 1.165) is 40.8 Å². The summed E-state index contributed by atoms with van der Waals surface area (Å²) >= 11 is 1.66. The fourth-order valence-electron chi connectivity index (χ4n) is 2.29. The molecule has 2 N–H and O–H groups in total. The Bertz CT molecular complexity index is 818. The second-order valence-corrected chi connectivity index (χ2v) is 9.05. The predicted octanol–water partition coefficient (Wildman–Crippen LogP) is 2.52. The van der Waals surface area contributed by atoms with E-state index in [1.807, 2.05) is 31.2 Å². The second kappa shape index (κ2) is 10.8. The summed E-state index contributed by atoms with van der Waals surface area (Å²) in [5, 5.41) is 9.67. The number of benzene rings is 1. The van der Waals surface area contributed by atoms with Crippen LogP contribution in [0.25, 0.3) is 0 Å². The SMILES string of the molecule is CN=C(NCCc1csc(C)n1)NCc1ccc(CS(C)(=O)=O)cc1.I. The first kappa shape index (κ1) is 22.8. The van der Waals surface area contributed by atoms with Gasteiger partial charge in [-0.05, 0) is 18.1 Å². The molecule has 144 valence electrons. The van der Waals surface area contributed by atoms with Gasteiger partial charge in [-0.2, -0.15) is 0 Å². The molecule has 1 aromatic heterocycles. The van der Waals surface area contributed by atoms with Gasteiger partial charge in [0.1, 0.15) is 0 Å². The topological polar surface area (TPSA) is 83.4 Å². The van der Waals surface area contributed by atoms with Gasteiger partial charge >= 0.3 is 0 Å². The molecule has 0 aliphatic rings. The molecular formula is C17H25IN4O2S2. The number of nitrogens with zero attached hydrogens (tertiary/aromatic N) is 2. The number of guanidine groups is 1. The van der Waals surface area contributed by atoms with Crippen molar-refractivity contribution in [2.24, 2.45) is 4.99 Å². The van der Waals surface area contributed by atoms with Gasteiger partial charge < -0.3 is 10.6 Å². The first-order chi connectivity index (χ1) is 11.9. The molecule has 0 saturated carbocycles. The van der Waals surface area contributed by atoms with E-state index in [1.54, 1.807) is 18.4 Å². The molecule has 0 amide bonds. The van der Waals surface area contributed by atoms with Gasteiger partial charge in [0.2, 0.25) is 0 Å². The number of aryl methyl sites for hydroxylation is 1. The average molecular weight is 508 g/mol. The van der Waals surface area contributed by atoms with Crippen molar-refractivity contribution in [2.75, 3.05) is 19.8 Å². The molecule has 0 atom stereocenters. The molecule has 0 fully saturated rings. The van der Waals surface area contributed by atoms with E-state index in [0.29, 0.717) is 6.54 Å². The number of hydrogen-bond donors (Lipinski definition) is 2. The largest absolute Gasteiger partial charge is 0.356 e. The van der Waals surface area contributed by atoms with Crippen LogP contribution in [0.4, 0.5) is 0 Å². The number of hydrogen-bond acceptors (Lipinski definition) is 5. The summed E-state index contributed by atoms with van der Waals surface area (Å²) in [5.74, 6) is 0.798. The Morgan fingerprint density at radius 3 is 2.38 bits per heavy atom. The van der Waals surface area contributed by atoms with Crippen LogP contribution in [-0.4, -0.2) is 39.2 Å². The van der Waals surface area contributed by atoms with E-state index < -0.39 is 9.84 Å². The Hall–Kier alpha value is -1.20. The van der Waals surface area contributed by atoms with Crippen LogP contribution in [-0.2, 0) is 28.6 Å². The number of aromatic nitrogens is 1. The third-order valence-electron chi connectivity index (χ3n) is 3.48. The summed E-state index contributed by atoms with van der Waals surface area (Å²) in [6.45, 7) is 3.38. The molecule has 0 spiro atoms. The highest BCUT2D eigenvalue weighted by molar-refractivity contribution is 14.0. The molecule has 2 aromatic rings. The minimum atomic E-state index is -3.00. The van der Waals surface area contributed by atoms with Crippen molar-refractivity contribution in [2.45, 2.75) is 25.6 Å². The van der Waals surface area contributed by atoms with Crippen molar-refractivity contribution in [3.8, 4) is 0 Å². The molecule has 0 unspecified atom stereocenters. The smallest absolute Gasteiger partial charge is 0.191 e. The molecule has 9 heteroatoms. The molecule has 1 heterocycles. The Morgan fingerprint density at radius 1 is 1.19 bits per heavy atom. The summed E-state index contributed by atoms with van der Waals surface area (Å²) < 4.78 is 22.6. The molecule has 0 bridgehead atoms. The molecule has 0 aliphatic carbocycles. The lowest BCUT2D eigenvalue weighted by molar-refractivity contribution is 0.601. The fraction of sp³-hybridized carbons (Fsp3) is 0.412. The molecule has 0 aliphatic heterocycles. The first-order valence-corrected chi connectivity index (χ1v) is 10.9. The summed E-state index contributed by atoms with van der Waals surface area (Å²) in [6.07, 6.45) is 2.09.